The minimum absolute atomic E-state index is 0.0743. The van der Waals surface area contributed by atoms with Crippen LogP contribution < -0.4 is 5.32 Å². The maximum atomic E-state index is 13.5. The van der Waals surface area contributed by atoms with E-state index in [9.17, 15) is 4.39 Å². The molecule has 33 heavy (non-hydrogen) atoms. The van der Waals surface area contributed by atoms with Crippen LogP contribution >= 0.6 is 12.2 Å². The van der Waals surface area contributed by atoms with Gasteiger partial charge in [0, 0.05) is 29.5 Å². The number of rotatable bonds is 5. The first-order valence-corrected chi connectivity index (χ1v) is 11.3. The van der Waals surface area contributed by atoms with Crippen LogP contribution in [0.15, 0.2) is 79.1 Å². The highest BCUT2D eigenvalue weighted by atomic mass is 32.1. The molecule has 1 saturated heterocycles. The number of halogens is 1. The summed E-state index contributed by atoms with van der Waals surface area (Å²) in [6.45, 7) is 4.75. The molecule has 1 aliphatic rings. The lowest BCUT2D eigenvalue weighted by Crippen LogP contribution is -2.29. The summed E-state index contributed by atoms with van der Waals surface area (Å²) >= 11 is 5.80. The topological polar surface area (TPSA) is 46.0 Å². The summed E-state index contributed by atoms with van der Waals surface area (Å²) in [7, 11) is 0. The smallest absolute Gasteiger partial charge is 0.170 e. The van der Waals surface area contributed by atoms with Gasteiger partial charge in [0.25, 0.3) is 0 Å². The van der Waals surface area contributed by atoms with Crippen molar-refractivity contribution in [1.82, 2.24) is 24.8 Å². The van der Waals surface area contributed by atoms with Crippen LogP contribution in [0.25, 0.3) is 5.69 Å². The van der Waals surface area contributed by atoms with Crippen LogP contribution in [0.3, 0.4) is 0 Å². The van der Waals surface area contributed by atoms with Gasteiger partial charge in [-0.25, -0.2) is 4.39 Å². The van der Waals surface area contributed by atoms with Gasteiger partial charge in [-0.15, -0.1) is 0 Å². The van der Waals surface area contributed by atoms with Crippen molar-refractivity contribution >= 4 is 17.3 Å². The average Bonchev–Trinajstić information content (AvgIpc) is 3.31. The van der Waals surface area contributed by atoms with Crippen molar-refractivity contribution in [3.05, 3.63) is 113 Å². The number of aromatic nitrogens is 3. The van der Waals surface area contributed by atoms with E-state index in [-0.39, 0.29) is 17.9 Å². The van der Waals surface area contributed by atoms with Gasteiger partial charge in [-0.05, 0) is 86.2 Å². The van der Waals surface area contributed by atoms with E-state index >= 15 is 0 Å². The number of nitrogens with one attached hydrogen (secondary N) is 1. The van der Waals surface area contributed by atoms with Crippen LogP contribution in [0.4, 0.5) is 4.39 Å². The molecule has 5 rings (SSSR count). The molecule has 166 valence electrons. The first kappa shape index (κ1) is 21.3. The third-order valence-electron chi connectivity index (χ3n) is 6.13. The molecule has 5 nitrogen and oxygen atoms in total. The quantitative estimate of drug-likeness (QED) is 0.418. The van der Waals surface area contributed by atoms with Crippen LogP contribution in [-0.4, -0.2) is 24.5 Å². The van der Waals surface area contributed by atoms with E-state index in [0.29, 0.717) is 11.7 Å². The van der Waals surface area contributed by atoms with Crippen LogP contribution in [0.5, 0.6) is 0 Å². The van der Waals surface area contributed by atoms with Gasteiger partial charge in [-0.3, -0.25) is 9.97 Å². The molecular weight excluding hydrogens is 433 g/mol. The largest absolute Gasteiger partial charge is 0.352 e. The lowest BCUT2D eigenvalue weighted by Gasteiger charge is -2.28. The molecule has 1 fully saturated rings. The fourth-order valence-corrected chi connectivity index (χ4v) is 4.96. The Kier molecular flexibility index (Phi) is 5.64. The van der Waals surface area contributed by atoms with Crippen molar-refractivity contribution in [2.45, 2.75) is 32.5 Å². The van der Waals surface area contributed by atoms with Gasteiger partial charge in [-0.2, -0.15) is 0 Å². The normalized spacial score (nSPS) is 17.9. The Morgan fingerprint density at radius 1 is 0.970 bits per heavy atom. The number of benzene rings is 1. The van der Waals surface area contributed by atoms with Crippen molar-refractivity contribution in [2.24, 2.45) is 0 Å². The number of aryl methyl sites for hydroxylation is 1. The molecular formula is C26H24FN5S. The molecule has 3 aromatic heterocycles. The van der Waals surface area contributed by atoms with Gasteiger partial charge in [0.15, 0.2) is 5.11 Å². The Morgan fingerprint density at radius 3 is 2.36 bits per heavy atom. The van der Waals surface area contributed by atoms with Crippen molar-refractivity contribution in [3.63, 3.8) is 0 Å². The first-order valence-electron chi connectivity index (χ1n) is 10.9. The molecule has 1 aromatic carbocycles. The van der Waals surface area contributed by atoms with Crippen LogP contribution in [0, 0.1) is 19.7 Å². The molecule has 4 aromatic rings. The number of hydrogen-bond donors (Lipinski definition) is 1. The SMILES string of the molecule is Cc1cc([C@H]2[C@H](c3ccccn3)NC(=S)N2Cc2ccccn2)c(C)n1-c1ccc(F)cc1. The lowest BCUT2D eigenvalue weighted by atomic mass is 9.96. The van der Waals surface area contributed by atoms with E-state index < -0.39 is 0 Å². The maximum absolute atomic E-state index is 13.5. The highest BCUT2D eigenvalue weighted by molar-refractivity contribution is 7.80. The molecule has 0 bridgehead atoms. The van der Waals surface area contributed by atoms with E-state index in [4.69, 9.17) is 12.2 Å². The summed E-state index contributed by atoms with van der Waals surface area (Å²) in [5, 5.41) is 4.17. The van der Waals surface area contributed by atoms with Gasteiger partial charge in [0.2, 0.25) is 0 Å². The Morgan fingerprint density at radius 2 is 1.70 bits per heavy atom. The fraction of sp³-hybridized carbons (Fsp3) is 0.192. The second-order valence-corrected chi connectivity index (χ2v) is 8.60. The van der Waals surface area contributed by atoms with Crippen molar-refractivity contribution < 1.29 is 4.39 Å². The predicted octanol–water partition coefficient (Wildman–Crippen LogP) is 5.20. The average molecular weight is 458 g/mol. The fourth-order valence-electron chi connectivity index (χ4n) is 4.66. The Hall–Kier alpha value is -3.58. The van der Waals surface area contributed by atoms with Crippen LogP contribution in [-0.2, 0) is 6.54 Å². The molecule has 0 amide bonds. The van der Waals surface area contributed by atoms with Gasteiger partial charge < -0.3 is 14.8 Å². The van der Waals surface area contributed by atoms with Gasteiger partial charge in [0.05, 0.1) is 30.0 Å². The third kappa shape index (κ3) is 4.00. The predicted molar refractivity (Wildman–Crippen MR) is 130 cm³/mol. The zero-order chi connectivity index (χ0) is 22.9. The standard InChI is InChI=1S/C26H24FN5S/c1-17-15-22(18(2)32(17)21-11-9-19(27)10-12-21)25-24(23-8-4-6-14-29-23)30-26(33)31(25)16-20-7-3-5-13-28-20/h3-15,24-25H,16H2,1-2H3,(H,30,33)/t24-,25-/m0/s1. The Bertz CT molecular complexity index is 1270. The summed E-state index contributed by atoms with van der Waals surface area (Å²) < 4.78 is 15.7. The van der Waals surface area contributed by atoms with E-state index in [1.165, 1.54) is 12.1 Å². The molecule has 2 atom stereocenters. The van der Waals surface area contributed by atoms with E-state index in [1.54, 1.807) is 24.5 Å². The van der Waals surface area contributed by atoms with Crippen LogP contribution in [0.1, 0.15) is 40.4 Å². The number of hydrogen-bond acceptors (Lipinski definition) is 3. The summed E-state index contributed by atoms with van der Waals surface area (Å²) in [6, 6.07) is 20.4. The van der Waals surface area contributed by atoms with E-state index in [1.807, 2.05) is 36.4 Å². The molecule has 0 radical (unpaired) electrons. The van der Waals surface area contributed by atoms with E-state index in [0.717, 1.165) is 34.0 Å². The molecule has 1 N–H and O–H groups in total. The van der Waals surface area contributed by atoms with Crippen molar-refractivity contribution in [2.75, 3.05) is 0 Å². The van der Waals surface area contributed by atoms with Gasteiger partial charge >= 0.3 is 0 Å². The molecule has 1 aliphatic heterocycles. The highest BCUT2D eigenvalue weighted by Crippen LogP contribution is 2.42. The zero-order valence-corrected chi connectivity index (χ0v) is 19.3. The third-order valence-corrected chi connectivity index (χ3v) is 6.48. The zero-order valence-electron chi connectivity index (χ0n) is 18.4. The lowest BCUT2D eigenvalue weighted by molar-refractivity contribution is 0.307. The molecule has 0 saturated carbocycles. The summed E-state index contributed by atoms with van der Waals surface area (Å²) in [5.41, 5.74) is 6.11. The molecule has 0 unspecified atom stereocenters. The molecule has 0 aliphatic carbocycles. The monoisotopic (exact) mass is 457 g/mol. The van der Waals surface area contributed by atoms with Gasteiger partial charge in [-0.1, -0.05) is 12.1 Å². The number of thiocarbonyl (C=S) groups is 1. The van der Waals surface area contributed by atoms with Crippen molar-refractivity contribution in [3.8, 4) is 5.69 Å². The highest BCUT2D eigenvalue weighted by Gasteiger charge is 2.41. The first-order chi connectivity index (χ1) is 16.0. The summed E-state index contributed by atoms with van der Waals surface area (Å²) in [4.78, 5) is 11.3. The number of nitrogens with zero attached hydrogens (tertiary/aromatic N) is 4. The molecule has 0 spiro atoms. The maximum Gasteiger partial charge on any atom is 0.170 e. The minimum atomic E-state index is -0.247. The number of pyridine rings is 2. The summed E-state index contributed by atoms with van der Waals surface area (Å²) in [5.74, 6) is -0.247. The van der Waals surface area contributed by atoms with Gasteiger partial charge in [0.1, 0.15) is 5.82 Å². The Balaban J connectivity index is 1.61. The van der Waals surface area contributed by atoms with E-state index in [2.05, 4.69) is 44.7 Å². The van der Waals surface area contributed by atoms with Crippen molar-refractivity contribution in [1.29, 1.82) is 0 Å². The molecule has 4 heterocycles. The summed E-state index contributed by atoms with van der Waals surface area (Å²) in [6.07, 6.45) is 3.61. The second kappa shape index (κ2) is 8.75. The Labute approximate surface area is 197 Å². The molecule has 7 heteroatoms. The minimum Gasteiger partial charge on any atom is -0.352 e. The second-order valence-electron chi connectivity index (χ2n) is 8.21. The van der Waals surface area contributed by atoms with Crippen LogP contribution in [0.2, 0.25) is 0 Å².